The zero-order valence-electron chi connectivity index (χ0n) is 9.41. The van der Waals surface area contributed by atoms with Gasteiger partial charge in [0.15, 0.2) is 0 Å². The fourth-order valence-corrected chi connectivity index (χ4v) is 1.90. The van der Waals surface area contributed by atoms with E-state index in [4.69, 9.17) is 17.4 Å². The number of nitrogens with one attached hydrogen (secondary N) is 1. The fourth-order valence-electron chi connectivity index (χ4n) is 1.74. The summed E-state index contributed by atoms with van der Waals surface area (Å²) in [4.78, 5) is 6.60. The first-order valence-corrected chi connectivity index (χ1v) is 5.87. The third-order valence-corrected chi connectivity index (χ3v) is 3.10. The van der Waals surface area contributed by atoms with Gasteiger partial charge in [0.05, 0.1) is 10.7 Å². The van der Waals surface area contributed by atoms with Gasteiger partial charge >= 0.3 is 0 Å². The van der Waals surface area contributed by atoms with Crippen LogP contribution in [-0.4, -0.2) is 23.5 Å². The summed E-state index contributed by atoms with van der Waals surface area (Å²) in [6, 6.07) is 3.59. The topological polar surface area (TPSA) is 54.2 Å². The van der Waals surface area contributed by atoms with Gasteiger partial charge in [-0.3, -0.25) is 0 Å². The van der Waals surface area contributed by atoms with Crippen molar-refractivity contribution in [3.8, 4) is 0 Å². The van der Waals surface area contributed by atoms with Crippen molar-refractivity contribution in [1.29, 1.82) is 0 Å². The second-order valence-corrected chi connectivity index (χ2v) is 4.82. The predicted molar refractivity (Wildman–Crippen MR) is 66.1 cm³/mol. The van der Waals surface area contributed by atoms with Gasteiger partial charge in [-0.1, -0.05) is 11.6 Å². The number of hydrogen-bond acceptors (Lipinski definition) is 4. The van der Waals surface area contributed by atoms with Crippen LogP contribution in [0.5, 0.6) is 0 Å². The van der Waals surface area contributed by atoms with Crippen LogP contribution in [0.1, 0.15) is 18.5 Å². The van der Waals surface area contributed by atoms with E-state index in [-0.39, 0.29) is 0 Å². The molecule has 0 atom stereocenters. The molecule has 1 aliphatic carbocycles. The van der Waals surface area contributed by atoms with Crippen LogP contribution in [0.3, 0.4) is 0 Å². The van der Waals surface area contributed by atoms with E-state index in [1.165, 1.54) is 12.8 Å². The molecule has 1 aromatic heterocycles. The van der Waals surface area contributed by atoms with E-state index < -0.39 is 0 Å². The number of halogens is 1. The van der Waals surface area contributed by atoms with Gasteiger partial charge < -0.3 is 10.3 Å². The van der Waals surface area contributed by atoms with Crippen molar-refractivity contribution >= 4 is 17.4 Å². The van der Waals surface area contributed by atoms with Gasteiger partial charge in [0.25, 0.3) is 0 Å². The van der Waals surface area contributed by atoms with E-state index in [9.17, 15) is 0 Å². The number of aromatic nitrogens is 1. The monoisotopic (exact) mass is 240 g/mol. The molecule has 1 saturated carbocycles. The third kappa shape index (κ3) is 3.07. The van der Waals surface area contributed by atoms with Crippen molar-refractivity contribution in [2.75, 3.05) is 19.0 Å². The molecule has 0 saturated heterocycles. The number of anilines is 1. The number of nitrogens with zero attached hydrogens (tertiary/aromatic N) is 2. The van der Waals surface area contributed by atoms with Gasteiger partial charge in [-0.25, -0.2) is 10.8 Å². The maximum Gasteiger partial charge on any atom is 0.140 e. The highest BCUT2D eigenvalue weighted by molar-refractivity contribution is 6.31. The molecule has 0 radical (unpaired) electrons. The number of hydrazine groups is 1. The molecule has 0 spiro atoms. The molecule has 3 N–H and O–H groups in total. The zero-order valence-corrected chi connectivity index (χ0v) is 10.2. The molecule has 88 valence electrons. The Kier molecular flexibility index (Phi) is 3.63. The normalized spacial score (nSPS) is 15.5. The Morgan fingerprint density at radius 3 is 2.94 bits per heavy atom. The van der Waals surface area contributed by atoms with E-state index in [1.807, 2.05) is 6.07 Å². The van der Waals surface area contributed by atoms with Crippen molar-refractivity contribution < 1.29 is 0 Å². The van der Waals surface area contributed by atoms with Gasteiger partial charge in [0, 0.05) is 13.1 Å². The van der Waals surface area contributed by atoms with Crippen LogP contribution in [0.15, 0.2) is 12.1 Å². The summed E-state index contributed by atoms with van der Waals surface area (Å²) in [5.74, 6) is 6.85. The molecular formula is C11H17ClN4. The van der Waals surface area contributed by atoms with Crippen LogP contribution < -0.4 is 11.3 Å². The van der Waals surface area contributed by atoms with Crippen molar-refractivity contribution in [1.82, 2.24) is 9.88 Å². The number of nitrogens with two attached hydrogens (primary N) is 1. The minimum Gasteiger partial charge on any atom is -0.308 e. The standard InChI is InChI=1S/C11H17ClN4/c1-16(6-8-2-3-8)7-10-9(12)4-5-11(14-10)15-13/h4-5,8H,2-3,6-7,13H2,1H3,(H,14,15). The Morgan fingerprint density at radius 2 is 2.31 bits per heavy atom. The lowest BCUT2D eigenvalue weighted by Crippen LogP contribution is -2.21. The number of rotatable bonds is 5. The lowest BCUT2D eigenvalue weighted by Gasteiger charge is -2.16. The first-order valence-electron chi connectivity index (χ1n) is 5.49. The summed E-state index contributed by atoms with van der Waals surface area (Å²) >= 11 is 6.09. The minimum atomic E-state index is 0.652. The molecule has 0 aromatic carbocycles. The summed E-state index contributed by atoms with van der Waals surface area (Å²) in [5.41, 5.74) is 3.41. The second-order valence-electron chi connectivity index (χ2n) is 4.41. The first kappa shape index (κ1) is 11.6. The maximum absolute atomic E-state index is 6.09. The average Bonchev–Trinajstić information content (AvgIpc) is 3.05. The van der Waals surface area contributed by atoms with E-state index in [2.05, 4.69) is 22.4 Å². The average molecular weight is 241 g/mol. The minimum absolute atomic E-state index is 0.652. The van der Waals surface area contributed by atoms with Gasteiger partial charge in [-0.15, -0.1) is 0 Å². The third-order valence-electron chi connectivity index (χ3n) is 2.75. The van der Waals surface area contributed by atoms with Crippen LogP contribution in [0.4, 0.5) is 5.82 Å². The van der Waals surface area contributed by atoms with Crippen LogP contribution in [0.25, 0.3) is 0 Å². The molecule has 1 heterocycles. The number of nitrogen functional groups attached to an aromatic ring is 1. The maximum atomic E-state index is 6.09. The molecule has 1 aliphatic rings. The lowest BCUT2D eigenvalue weighted by molar-refractivity contribution is 0.309. The van der Waals surface area contributed by atoms with Gasteiger partial charge in [-0.2, -0.15) is 0 Å². The van der Waals surface area contributed by atoms with E-state index >= 15 is 0 Å². The molecule has 0 amide bonds. The fraction of sp³-hybridized carbons (Fsp3) is 0.545. The highest BCUT2D eigenvalue weighted by atomic mass is 35.5. The van der Waals surface area contributed by atoms with Crippen LogP contribution in [0.2, 0.25) is 5.02 Å². The molecule has 4 nitrogen and oxygen atoms in total. The summed E-state index contributed by atoms with van der Waals surface area (Å²) in [6.45, 7) is 1.89. The Hall–Kier alpha value is -0.840. The largest absolute Gasteiger partial charge is 0.308 e. The zero-order chi connectivity index (χ0) is 11.5. The summed E-state index contributed by atoms with van der Waals surface area (Å²) in [6.07, 6.45) is 2.71. The van der Waals surface area contributed by atoms with Crippen LogP contribution in [0, 0.1) is 5.92 Å². The molecule has 1 fully saturated rings. The Balaban J connectivity index is 2.00. The van der Waals surface area contributed by atoms with Crippen molar-refractivity contribution in [3.05, 3.63) is 22.8 Å². The first-order chi connectivity index (χ1) is 7.69. The van der Waals surface area contributed by atoms with Gasteiger partial charge in [0.2, 0.25) is 0 Å². The van der Waals surface area contributed by atoms with E-state index in [1.54, 1.807) is 6.07 Å². The van der Waals surface area contributed by atoms with E-state index in [0.29, 0.717) is 10.8 Å². The Bertz CT molecular complexity index is 365. The quantitative estimate of drug-likeness (QED) is 0.610. The lowest BCUT2D eigenvalue weighted by atomic mass is 10.3. The number of pyridine rings is 1. The summed E-state index contributed by atoms with van der Waals surface area (Å²) < 4.78 is 0. The molecule has 0 unspecified atom stereocenters. The summed E-state index contributed by atoms with van der Waals surface area (Å²) in [5, 5.41) is 0.696. The Labute approximate surface area is 101 Å². The van der Waals surface area contributed by atoms with Gasteiger partial charge in [0.1, 0.15) is 5.82 Å². The molecule has 0 bridgehead atoms. The smallest absolute Gasteiger partial charge is 0.140 e. The second kappa shape index (κ2) is 4.99. The SMILES string of the molecule is CN(Cc1nc(NN)ccc1Cl)CC1CC1. The highest BCUT2D eigenvalue weighted by Crippen LogP contribution is 2.30. The number of hydrogen-bond donors (Lipinski definition) is 2. The highest BCUT2D eigenvalue weighted by Gasteiger charge is 2.23. The van der Waals surface area contributed by atoms with E-state index in [0.717, 1.165) is 24.7 Å². The molecular weight excluding hydrogens is 224 g/mol. The summed E-state index contributed by atoms with van der Waals surface area (Å²) in [7, 11) is 2.10. The van der Waals surface area contributed by atoms with Crippen molar-refractivity contribution in [2.45, 2.75) is 19.4 Å². The van der Waals surface area contributed by atoms with Gasteiger partial charge in [-0.05, 0) is 37.9 Å². The molecule has 0 aliphatic heterocycles. The predicted octanol–water partition coefficient (Wildman–Crippen LogP) is 1.86. The van der Waals surface area contributed by atoms with Crippen LogP contribution in [-0.2, 0) is 6.54 Å². The molecule has 2 rings (SSSR count). The van der Waals surface area contributed by atoms with Crippen LogP contribution >= 0.6 is 11.6 Å². The Morgan fingerprint density at radius 1 is 1.56 bits per heavy atom. The van der Waals surface area contributed by atoms with Crippen molar-refractivity contribution in [3.63, 3.8) is 0 Å². The molecule has 16 heavy (non-hydrogen) atoms. The molecule has 5 heteroatoms. The van der Waals surface area contributed by atoms with Crippen molar-refractivity contribution in [2.24, 2.45) is 11.8 Å². The molecule has 1 aromatic rings.